The Balaban J connectivity index is 2.15. The molecule has 0 spiro atoms. The number of hydrogen-bond donors (Lipinski definition) is 2. The molecular weight excluding hydrogens is 164 g/mol. The normalized spacial score (nSPS) is 51.5. The molecule has 0 saturated heterocycles. The molecule has 4 atom stereocenters. The predicted molar refractivity (Wildman–Crippen MR) is 51.3 cm³/mol. The van der Waals surface area contributed by atoms with Crippen molar-refractivity contribution in [2.75, 3.05) is 0 Å². The van der Waals surface area contributed by atoms with E-state index < -0.39 is 0 Å². The van der Waals surface area contributed by atoms with E-state index in [1.807, 2.05) is 0 Å². The Morgan fingerprint density at radius 1 is 1.15 bits per heavy atom. The van der Waals surface area contributed by atoms with E-state index in [9.17, 15) is 10.2 Å². The maximum absolute atomic E-state index is 9.97. The Morgan fingerprint density at radius 3 is 2.69 bits per heavy atom. The van der Waals surface area contributed by atoms with E-state index in [0.717, 1.165) is 12.8 Å². The van der Waals surface area contributed by atoms with Gasteiger partial charge in [-0.3, -0.25) is 0 Å². The van der Waals surface area contributed by atoms with E-state index in [-0.39, 0.29) is 17.6 Å². The quantitative estimate of drug-likeness (QED) is 0.601. The van der Waals surface area contributed by atoms with Crippen molar-refractivity contribution >= 4 is 0 Å². The van der Waals surface area contributed by atoms with Crippen LogP contribution in [-0.4, -0.2) is 22.4 Å². The fourth-order valence-electron chi connectivity index (χ4n) is 3.21. The van der Waals surface area contributed by atoms with Crippen molar-refractivity contribution in [2.45, 2.75) is 57.7 Å². The molecule has 0 aliphatic heterocycles. The van der Waals surface area contributed by atoms with Crippen molar-refractivity contribution in [1.29, 1.82) is 0 Å². The van der Waals surface area contributed by atoms with Crippen LogP contribution >= 0.6 is 0 Å². The molecule has 0 radical (unpaired) electrons. The predicted octanol–water partition coefficient (Wildman–Crippen LogP) is 1.70. The van der Waals surface area contributed by atoms with Gasteiger partial charge < -0.3 is 10.2 Å². The zero-order chi connectivity index (χ0) is 9.47. The van der Waals surface area contributed by atoms with Gasteiger partial charge in [-0.2, -0.15) is 0 Å². The smallest absolute Gasteiger partial charge is 0.0621 e. The molecule has 0 heterocycles. The summed E-state index contributed by atoms with van der Waals surface area (Å²) in [6.45, 7) is 2.20. The van der Waals surface area contributed by atoms with Gasteiger partial charge in [0, 0.05) is 0 Å². The highest BCUT2D eigenvalue weighted by molar-refractivity contribution is 4.97. The molecule has 2 nitrogen and oxygen atoms in total. The first-order chi connectivity index (χ1) is 6.13. The lowest BCUT2D eigenvalue weighted by atomic mass is 9.58. The third-order valence-electron chi connectivity index (χ3n) is 4.26. The Kier molecular flexibility index (Phi) is 2.37. The summed E-state index contributed by atoms with van der Waals surface area (Å²) in [6, 6.07) is 0. The van der Waals surface area contributed by atoms with Crippen molar-refractivity contribution < 1.29 is 10.2 Å². The molecule has 0 bridgehead atoms. The number of rotatable bonds is 0. The summed E-state index contributed by atoms with van der Waals surface area (Å²) in [4.78, 5) is 0. The molecule has 2 saturated carbocycles. The van der Waals surface area contributed by atoms with Crippen LogP contribution in [0.3, 0.4) is 0 Å². The van der Waals surface area contributed by atoms with Gasteiger partial charge in [-0.05, 0) is 37.0 Å². The molecule has 76 valence electrons. The van der Waals surface area contributed by atoms with E-state index in [4.69, 9.17) is 0 Å². The van der Waals surface area contributed by atoms with Crippen molar-refractivity contribution in [3.8, 4) is 0 Å². The fraction of sp³-hybridized carbons (Fsp3) is 1.00. The highest BCUT2D eigenvalue weighted by Crippen LogP contribution is 2.50. The minimum atomic E-state index is -0.276. The van der Waals surface area contributed by atoms with Gasteiger partial charge in [-0.15, -0.1) is 0 Å². The SMILES string of the molecule is CC12CCCCC1CC(O)CC2O. The maximum Gasteiger partial charge on any atom is 0.0621 e. The number of fused-ring (bicyclic) bond motifs is 1. The minimum Gasteiger partial charge on any atom is -0.393 e. The molecule has 0 aromatic rings. The second-order valence-electron chi connectivity index (χ2n) is 5.09. The Morgan fingerprint density at radius 2 is 1.92 bits per heavy atom. The van der Waals surface area contributed by atoms with Crippen LogP contribution in [0.1, 0.15) is 45.4 Å². The molecule has 2 aliphatic carbocycles. The van der Waals surface area contributed by atoms with Gasteiger partial charge >= 0.3 is 0 Å². The third kappa shape index (κ3) is 1.50. The van der Waals surface area contributed by atoms with E-state index >= 15 is 0 Å². The van der Waals surface area contributed by atoms with E-state index in [2.05, 4.69) is 6.92 Å². The lowest BCUT2D eigenvalue weighted by Crippen LogP contribution is -2.48. The summed E-state index contributed by atoms with van der Waals surface area (Å²) in [6.07, 6.45) is 5.84. The molecule has 2 fully saturated rings. The number of aliphatic hydroxyl groups excluding tert-OH is 2. The monoisotopic (exact) mass is 184 g/mol. The Hall–Kier alpha value is -0.0800. The summed E-state index contributed by atoms with van der Waals surface area (Å²) < 4.78 is 0. The van der Waals surface area contributed by atoms with Gasteiger partial charge in [-0.25, -0.2) is 0 Å². The van der Waals surface area contributed by atoms with Gasteiger partial charge in [0.15, 0.2) is 0 Å². The average molecular weight is 184 g/mol. The average Bonchev–Trinajstić information content (AvgIpc) is 2.07. The van der Waals surface area contributed by atoms with Crippen LogP contribution in [0.25, 0.3) is 0 Å². The van der Waals surface area contributed by atoms with Gasteiger partial charge in [0.1, 0.15) is 0 Å². The largest absolute Gasteiger partial charge is 0.393 e. The zero-order valence-electron chi connectivity index (χ0n) is 8.37. The topological polar surface area (TPSA) is 40.5 Å². The lowest BCUT2D eigenvalue weighted by Gasteiger charge is -2.49. The standard InChI is InChI=1S/C11H20O2/c1-11-5-3-2-4-8(11)6-9(12)7-10(11)13/h8-10,12-13H,2-7H2,1H3. The van der Waals surface area contributed by atoms with Gasteiger partial charge in [-0.1, -0.05) is 19.8 Å². The van der Waals surface area contributed by atoms with E-state index in [0.29, 0.717) is 12.3 Å². The van der Waals surface area contributed by atoms with Crippen LogP contribution in [0, 0.1) is 11.3 Å². The number of aliphatic hydroxyl groups is 2. The third-order valence-corrected chi connectivity index (χ3v) is 4.26. The molecule has 2 rings (SSSR count). The van der Waals surface area contributed by atoms with Crippen LogP contribution in [0.5, 0.6) is 0 Å². The minimum absolute atomic E-state index is 0.109. The van der Waals surface area contributed by atoms with E-state index in [1.54, 1.807) is 0 Å². The Bertz CT molecular complexity index is 193. The summed E-state index contributed by atoms with van der Waals surface area (Å²) >= 11 is 0. The summed E-state index contributed by atoms with van der Waals surface area (Å²) in [5, 5.41) is 19.5. The molecule has 2 N–H and O–H groups in total. The van der Waals surface area contributed by atoms with Gasteiger partial charge in [0.25, 0.3) is 0 Å². The molecule has 0 aromatic carbocycles. The first kappa shape index (κ1) is 9.47. The second kappa shape index (κ2) is 3.25. The first-order valence-corrected chi connectivity index (χ1v) is 5.49. The van der Waals surface area contributed by atoms with Crippen LogP contribution in [0.2, 0.25) is 0 Å². The van der Waals surface area contributed by atoms with Crippen molar-refractivity contribution in [2.24, 2.45) is 11.3 Å². The second-order valence-corrected chi connectivity index (χ2v) is 5.09. The highest BCUT2D eigenvalue weighted by Gasteiger charge is 2.46. The van der Waals surface area contributed by atoms with Crippen LogP contribution in [-0.2, 0) is 0 Å². The van der Waals surface area contributed by atoms with Crippen molar-refractivity contribution in [3.63, 3.8) is 0 Å². The summed E-state index contributed by atoms with van der Waals surface area (Å²) in [5.74, 6) is 0.556. The Labute approximate surface area is 80.0 Å². The summed E-state index contributed by atoms with van der Waals surface area (Å²) in [5.41, 5.74) is 0.109. The van der Waals surface area contributed by atoms with Crippen molar-refractivity contribution in [1.82, 2.24) is 0 Å². The maximum atomic E-state index is 9.97. The molecule has 0 aromatic heterocycles. The molecule has 2 aliphatic rings. The van der Waals surface area contributed by atoms with Crippen molar-refractivity contribution in [3.05, 3.63) is 0 Å². The molecule has 13 heavy (non-hydrogen) atoms. The van der Waals surface area contributed by atoms with Gasteiger partial charge in [0.05, 0.1) is 12.2 Å². The molecule has 0 amide bonds. The zero-order valence-corrected chi connectivity index (χ0v) is 8.37. The molecule has 2 heteroatoms. The first-order valence-electron chi connectivity index (χ1n) is 5.49. The lowest BCUT2D eigenvalue weighted by molar-refractivity contribution is -0.105. The fourth-order valence-corrected chi connectivity index (χ4v) is 3.21. The molecular formula is C11H20O2. The molecule has 4 unspecified atom stereocenters. The summed E-state index contributed by atoms with van der Waals surface area (Å²) in [7, 11) is 0. The van der Waals surface area contributed by atoms with E-state index in [1.165, 1.54) is 19.3 Å². The number of hydrogen-bond acceptors (Lipinski definition) is 2. The van der Waals surface area contributed by atoms with Crippen LogP contribution in [0.15, 0.2) is 0 Å². The van der Waals surface area contributed by atoms with Crippen LogP contribution < -0.4 is 0 Å². The highest BCUT2D eigenvalue weighted by atomic mass is 16.3. The van der Waals surface area contributed by atoms with Gasteiger partial charge in [0.2, 0.25) is 0 Å². The van der Waals surface area contributed by atoms with Crippen LogP contribution in [0.4, 0.5) is 0 Å².